The normalized spacial score (nSPS) is 10.2. The summed E-state index contributed by atoms with van der Waals surface area (Å²) < 4.78 is 0. The molecule has 0 spiro atoms. The maximum atomic E-state index is 11.8. The Morgan fingerprint density at radius 3 is 2.63 bits per heavy atom. The van der Waals surface area contributed by atoms with Crippen LogP contribution in [0.2, 0.25) is 0 Å². The van der Waals surface area contributed by atoms with E-state index in [1.807, 2.05) is 19.1 Å². The standard InChI is InChI=1S/C12H12N4O3/c1-2-8-3-5-9(6-4-8)13-12(17)10-7-11(15-14-10)16(18)19/h3-7H,2H2,1H3,(H,13,17)(H,14,15). The molecule has 0 aliphatic carbocycles. The van der Waals surface area contributed by atoms with Crippen molar-refractivity contribution in [2.75, 3.05) is 5.32 Å². The predicted octanol–water partition coefficient (Wildman–Crippen LogP) is 2.13. The second kappa shape index (κ2) is 5.30. The summed E-state index contributed by atoms with van der Waals surface area (Å²) >= 11 is 0. The summed E-state index contributed by atoms with van der Waals surface area (Å²) in [7, 11) is 0. The molecule has 7 heteroatoms. The lowest BCUT2D eigenvalue weighted by Gasteiger charge is -2.03. The zero-order chi connectivity index (χ0) is 13.8. The largest absolute Gasteiger partial charge is 0.358 e. The molecule has 2 aromatic rings. The summed E-state index contributed by atoms with van der Waals surface area (Å²) in [5.41, 5.74) is 1.76. The van der Waals surface area contributed by atoms with Crippen molar-refractivity contribution in [3.05, 3.63) is 51.7 Å². The van der Waals surface area contributed by atoms with Crippen molar-refractivity contribution in [3.63, 3.8) is 0 Å². The van der Waals surface area contributed by atoms with Crippen LogP contribution in [0.4, 0.5) is 11.5 Å². The molecule has 0 aliphatic heterocycles. The summed E-state index contributed by atoms with van der Waals surface area (Å²) in [5, 5.41) is 18.9. The predicted molar refractivity (Wildman–Crippen MR) is 69.0 cm³/mol. The molecule has 1 aromatic heterocycles. The highest BCUT2D eigenvalue weighted by molar-refractivity contribution is 6.03. The van der Waals surface area contributed by atoms with Crippen molar-refractivity contribution in [2.45, 2.75) is 13.3 Å². The van der Waals surface area contributed by atoms with Gasteiger partial charge in [0.05, 0.1) is 6.07 Å². The minimum absolute atomic E-state index is 0.0220. The van der Waals surface area contributed by atoms with Crippen LogP contribution in [0.5, 0.6) is 0 Å². The van der Waals surface area contributed by atoms with Crippen molar-refractivity contribution in [3.8, 4) is 0 Å². The molecule has 0 bridgehead atoms. The van der Waals surface area contributed by atoms with E-state index in [-0.39, 0.29) is 11.5 Å². The molecule has 0 radical (unpaired) electrons. The first-order valence-electron chi connectivity index (χ1n) is 5.70. The number of amides is 1. The van der Waals surface area contributed by atoms with Gasteiger partial charge in [-0.25, -0.2) is 0 Å². The smallest absolute Gasteiger partial charge is 0.343 e. The second-order valence-electron chi connectivity index (χ2n) is 3.90. The molecule has 7 nitrogen and oxygen atoms in total. The Balaban J connectivity index is 2.08. The lowest BCUT2D eigenvalue weighted by atomic mass is 10.1. The summed E-state index contributed by atoms with van der Waals surface area (Å²) in [6.45, 7) is 2.04. The van der Waals surface area contributed by atoms with Crippen molar-refractivity contribution in [2.24, 2.45) is 0 Å². The third kappa shape index (κ3) is 2.95. The molecule has 1 aromatic carbocycles. The van der Waals surface area contributed by atoms with Gasteiger partial charge in [-0.15, -0.1) is 5.10 Å². The Morgan fingerprint density at radius 2 is 2.11 bits per heavy atom. The number of hydrogen-bond donors (Lipinski definition) is 2. The number of nitrogens with zero attached hydrogens (tertiary/aromatic N) is 2. The quantitative estimate of drug-likeness (QED) is 0.649. The third-order valence-electron chi connectivity index (χ3n) is 2.61. The van der Waals surface area contributed by atoms with Crippen molar-refractivity contribution < 1.29 is 9.72 Å². The van der Waals surface area contributed by atoms with E-state index in [1.165, 1.54) is 0 Å². The Kier molecular flexibility index (Phi) is 3.56. The molecular formula is C12H12N4O3. The highest BCUT2D eigenvalue weighted by Gasteiger charge is 2.16. The van der Waals surface area contributed by atoms with Gasteiger partial charge in [-0.3, -0.25) is 4.79 Å². The number of carbonyl (C=O) groups is 1. The molecule has 0 saturated carbocycles. The lowest BCUT2D eigenvalue weighted by Crippen LogP contribution is -2.12. The maximum Gasteiger partial charge on any atom is 0.343 e. The topological polar surface area (TPSA) is 101 Å². The van der Waals surface area contributed by atoms with Crippen LogP contribution in [0.25, 0.3) is 0 Å². The number of carbonyl (C=O) groups excluding carboxylic acids is 1. The zero-order valence-corrected chi connectivity index (χ0v) is 10.2. The molecule has 19 heavy (non-hydrogen) atoms. The van der Waals surface area contributed by atoms with Gasteiger partial charge >= 0.3 is 5.82 Å². The van der Waals surface area contributed by atoms with Gasteiger partial charge in [0.1, 0.15) is 0 Å². The summed E-state index contributed by atoms with van der Waals surface area (Å²) in [6.07, 6.45) is 0.916. The molecule has 2 rings (SSSR count). The van der Waals surface area contributed by atoms with Gasteiger partial charge in [0.15, 0.2) is 5.69 Å². The number of nitro groups is 1. The van der Waals surface area contributed by atoms with Crippen LogP contribution in [-0.4, -0.2) is 21.0 Å². The summed E-state index contributed by atoms with van der Waals surface area (Å²) in [5.74, 6) is -0.805. The fourth-order valence-electron chi connectivity index (χ4n) is 1.54. The minimum atomic E-state index is -0.639. The first kappa shape index (κ1) is 12.7. The highest BCUT2D eigenvalue weighted by Crippen LogP contribution is 2.13. The van der Waals surface area contributed by atoms with Gasteiger partial charge in [-0.05, 0) is 29.0 Å². The van der Waals surface area contributed by atoms with E-state index in [0.29, 0.717) is 5.69 Å². The van der Waals surface area contributed by atoms with Crippen molar-refractivity contribution >= 4 is 17.4 Å². The van der Waals surface area contributed by atoms with Crippen LogP contribution in [0, 0.1) is 10.1 Å². The molecule has 0 aliphatic rings. The Hall–Kier alpha value is -2.70. The fraction of sp³-hybridized carbons (Fsp3) is 0.167. The fourth-order valence-corrected chi connectivity index (χ4v) is 1.54. The number of rotatable bonds is 4. The first-order valence-corrected chi connectivity index (χ1v) is 5.70. The average molecular weight is 260 g/mol. The van der Waals surface area contributed by atoms with Crippen LogP contribution in [0.3, 0.4) is 0 Å². The molecule has 2 N–H and O–H groups in total. The van der Waals surface area contributed by atoms with Gasteiger partial charge in [-0.2, -0.15) is 0 Å². The second-order valence-corrected chi connectivity index (χ2v) is 3.90. The molecular weight excluding hydrogens is 248 g/mol. The van der Waals surface area contributed by atoms with E-state index < -0.39 is 10.8 Å². The third-order valence-corrected chi connectivity index (χ3v) is 2.61. The van der Waals surface area contributed by atoms with Crippen molar-refractivity contribution in [1.29, 1.82) is 0 Å². The monoisotopic (exact) mass is 260 g/mol. The summed E-state index contributed by atoms with van der Waals surface area (Å²) in [4.78, 5) is 21.6. The number of aromatic nitrogens is 2. The van der Waals surface area contributed by atoms with Crippen LogP contribution in [0.1, 0.15) is 23.0 Å². The lowest BCUT2D eigenvalue weighted by molar-refractivity contribution is -0.389. The molecule has 0 atom stereocenters. The van der Waals surface area contributed by atoms with E-state index in [0.717, 1.165) is 18.1 Å². The number of aromatic amines is 1. The number of H-pyrrole nitrogens is 1. The number of nitrogens with one attached hydrogen (secondary N) is 2. The number of hydrogen-bond acceptors (Lipinski definition) is 4. The van der Waals surface area contributed by atoms with E-state index in [1.54, 1.807) is 12.1 Å². The molecule has 1 amide bonds. The Bertz CT molecular complexity index is 604. The maximum absolute atomic E-state index is 11.8. The Morgan fingerprint density at radius 1 is 1.42 bits per heavy atom. The van der Waals surface area contributed by atoms with Crippen LogP contribution in [0.15, 0.2) is 30.3 Å². The van der Waals surface area contributed by atoms with E-state index in [9.17, 15) is 14.9 Å². The molecule has 0 unspecified atom stereocenters. The molecule has 1 heterocycles. The minimum Gasteiger partial charge on any atom is -0.358 e. The van der Waals surface area contributed by atoms with Crippen LogP contribution in [-0.2, 0) is 6.42 Å². The van der Waals surface area contributed by atoms with E-state index >= 15 is 0 Å². The van der Waals surface area contributed by atoms with Crippen LogP contribution < -0.4 is 5.32 Å². The van der Waals surface area contributed by atoms with Gasteiger partial charge in [0.25, 0.3) is 5.91 Å². The number of anilines is 1. The Labute approximate surface area is 108 Å². The van der Waals surface area contributed by atoms with Crippen molar-refractivity contribution in [1.82, 2.24) is 10.2 Å². The molecule has 0 saturated heterocycles. The molecule has 0 fully saturated rings. The SMILES string of the molecule is CCc1ccc(NC(=O)c2cc([N+](=O)[O-])[nH]n2)cc1. The van der Waals surface area contributed by atoms with E-state index in [4.69, 9.17) is 0 Å². The number of aryl methyl sites for hydroxylation is 1. The molecule has 98 valence electrons. The number of benzene rings is 1. The van der Waals surface area contributed by atoms with Gasteiger partial charge in [0.2, 0.25) is 0 Å². The first-order chi connectivity index (χ1) is 9.10. The van der Waals surface area contributed by atoms with E-state index in [2.05, 4.69) is 15.5 Å². The van der Waals surface area contributed by atoms with Gasteiger partial charge < -0.3 is 15.4 Å². The highest BCUT2D eigenvalue weighted by atomic mass is 16.6. The zero-order valence-electron chi connectivity index (χ0n) is 10.2. The summed E-state index contributed by atoms with van der Waals surface area (Å²) in [6, 6.07) is 8.45. The van der Waals surface area contributed by atoms with Crippen LogP contribution >= 0.6 is 0 Å². The van der Waals surface area contributed by atoms with Gasteiger partial charge in [0, 0.05) is 5.69 Å². The van der Waals surface area contributed by atoms with Gasteiger partial charge in [-0.1, -0.05) is 24.2 Å². The average Bonchev–Trinajstić information content (AvgIpc) is 2.89.